The lowest BCUT2D eigenvalue weighted by Gasteiger charge is -2.46. The second-order valence-corrected chi connectivity index (χ2v) is 13.1. The van der Waals surface area contributed by atoms with Gasteiger partial charge in [0.1, 0.15) is 12.2 Å². The first-order valence-corrected chi connectivity index (χ1v) is 15.1. The van der Waals surface area contributed by atoms with Gasteiger partial charge in [0.25, 0.3) is 0 Å². The van der Waals surface area contributed by atoms with E-state index in [-0.39, 0.29) is 34.5 Å². The van der Waals surface area contributed by atoms with Gasteiger partial charge in [-0.15, -0.1) is 17.2 Å². The zero-order chi connectivity index (χ0) is 23.5. The van der Waals surface area contributed by atoms with Gasteiger partial charge in [-0.1, -0.05) is 36.4 Å². The molecule has 4 fully saturated rings. The number of ether oxygens (including phenoxy) is 3. The van der Waals surface area contributed by atoms with Gasteiger partial charge in [0, 0.05) is 11.8 Å². The molecule has 2 saturated carbocycles. The van der Waals surface area contributed by atoms with Crippen LogP contribution in [0.2, 0.25) is 0 Å². The highest BCUT2D eigenvalue weighted by molar-refractivity contribution is 7.41. The van der Waals surface area contributed by atoms with Gasteiger partial charge in [0.05, 0.1) is 11.1 Å². The fourth-order valence-electron chi connectivity index (χ4n) is 7.33. The van der Waals surface area contributed by atoms with Crippen molar-refractivity contribution in [2.24, 2.45) is 11.8 Å². The maximum atomic E-state index is 13.1. The Kier molecular flexibility index (Phi) is 5.60. The van der Waals surface area contributed by atoms with Gasteiger partial charge in [0.15, 0.2) is 12.2 Å². The molecule has 6 rings (SSSR count). The SMILES string of the molecule is CPC12CCC(PC)(C1)C1C3OC(C(OC(=O)c4ccccc4)C3OC(=O)c3ccccc3)C12. The molecule has 0 radical (unpaired) electrons. The summed E-state index contributed by atoms with van der Waals surface area (Å²) in [5, 5.41) is 0.526. The van der Waals surface area contributed by atoms with Crippen LogP contribution in [0.3, 0.4) is 0 Å². The molecule has 0 amide bonds. The minimum atomic E-state index is -0.587. The second-order valence-electron chi connectivity index (χ2n) is 10.1. The predicted molar refractivity (Wildman–Crippen MR) is 135 cm³/mol. The van der Waals surface area contributed by atoms with E-state index in [0.717, 1.165) is 17.2 Å². The van der Waals surface area contributed by atoms with Gasteiger partial charge in [-0.25, -0.2) is 9.59 Å². The van der Waals surface area contributed by atoms with Crippen LogP contribution in [0.4, 0.5) is 0 Å². The number of carbonyl (C=O) groups is 2. The average Bonchev–Trinajstić information content (AvgIpc) is 3.62. The smallest absolute Gasteiger partial charge is 0.338 e. The molecule has 10 unspecified atom stereocenters. The van der Waals surface area contributed by atoms with Crippen molar-refractivity contribution in [1.29, 1.82) is 0 Å². The molecule has 0 N–H and O–H groups in total. The number of hydrogen-bond donors (Lipinski definition) is 0. The number of benzene rings is 2. The van der Waals surface area contributed by atoms with Crippen molar-refractivity contribution in [3.8, 4) is 0 Å². The Labute approximate surface area is 203 Å². The molecule has 2 aromatic rings. The number of hydrogen-bond acceptors (Lipinski definition) is 5. The van der Waals surface area contributed by atoms with Crippen LogP contribution in [0.5, 0.6) is 0 Å². The quantitative estimate of drug-likeness (QED) is 0.427. The molecule has 5 nitrogen and oxygen atoms in total. The van der Waals surface area contributed by atoms with Crippen molar-refractivity contribution in [2.45, 2.75) is 54.0 Å². The van der Waals surface area contributed by atoms with Crippen molar-refractivity contribution < 1.29 is 23.8 Å². The van der Waals surface area contributed by atoms with E-state index in [1.807, 2.05) is 36.4 Å². The Hall–Kier alpha value is -1.80. The van der Waals surface area contributed by atoms with Gasteiger partial charge < -0.3 is 14.2 Å². The van der Waals surface area contributed by atoms with Crippen molar-refractivity contribution >= 4 is 29.1 Å². The topological polar surface area (TPSA) is 61.8 Å². The third-order valence-electron chi connectivity index (χ3n) is 8.81. The molecule has 2 aliphatic heterocycles. The molecule has 10 atom stereocenters. The van der Waals surface area contributed by atoms with Crippen LogP contribution in [0, 0.1) is 11.8 Å². The predicted octanol–water partition coefficient (Wildman–Crippen LogP) is 4.74. The summed E-state index contributed by atoms with van der Waals surface area (Å²) >= 11 is 0. The summed E-state index contributed by atoms with van der Waals surface area (Å²) in [6.07, 6.45) is 2.07. The maximum absolute atomic E-state index is 13.1. The van der Waals surface area contributed by atoms with Gasteiger partial charge >= 0.3 is 11.9 Å². The molecule has 7 heteroatoms. The normalized spacial score (nSPS) is 39.8. The van der Waals surface area contributed by atoms with E-state index in [4.69, 9.17) is 14.2 Å². The first-order valence-electron chi connectivity index (χ1n) is 12.1. The molecule has 2 heterocycles. The average molecular weight is 496 g/mol. The summed E-state index contributed by atoms with van der Waals surface area (Å²) < 4.78 is 18.9. The van der Waals surface area contributed by atoms with Crippen LogP contribution in [-0.4, -0.2) is 60.0 Å². The van der Waals surface area contributed by atoms with Gasteiger partial charge in [0.2, 0.25) is 0 Å². The Bertz CT molecular complexity index is 1010. The van der Waals surface area contributed by atoms with E-state index < -0.39 is 12.2 Å². The monoisotopic (exact) mass is 496 g/mol. The number of fused-ring (bicyclic) bond motifs is 9. The molecule has 2 saturated heterocycles. The highest BCUT2D eigenvalue weighted by Gasteiger charge is 2.77. The van der Waals surface area contributed by atoms with Gasteiger partial charge in [-0.2, -0.15) is 0 Å². The Balaban J connectivity index is 1.34. The Morgan fingerprint density at radius 3 is 1.56 bits per heavy atom. The maximum Gasteiger partial charge on any atom is 0.338 e. The number of rotatable bonds is 6. The lowest BCUT2D eigenvalue weighted by Crippen LogP contribution is -2.56. The highest BCUT2D eigenvalue weighted by atomic mass is 31.1. The van der Waals surface area contributed by atoms with E-state index in [1.165, 1.54) is 19.3 Å². The van der Waals surface area contributed by atoms with Crippen LogP contribution in [-0.2, 0) is 14.2 Å². The van der Waals surface area contributed by atoms with Gasteiger partial charge in [-0.3, -0.25) is 0 Å². The molecule has 178 valence electrons. The summed E-state index contributed by atoms with van der Waals surface area (Å²) in [4.78, 5) is 26.2. The van der Waals surface area contributed by atoms with Crippen molar-refractivity contribution in [3.05, 3.63) is 71.8 Å². The first kappa shape index (κ1) is 22.7. The third kappa shape index (κ3) is 3.24. The molecule has 2 aliphatic carbocycles. The summed E-state index contributed by atoms with van der Waals surface area (Å²) in [5.74, 6) is -0.0471. The molecule has 0 spiro atoms. The van der Waals surface area contributed by atoms with E-state index in [1.54, 1.807) is 24.3 Å². The van der Waals surface area contributed by atoms with Crippen molar-refractivity contribution in [2.75, 3.05) is 13.3 Å². The second kappa shape index (κ2) is 8.40. The summed E-state index contributed by atoms with van der Waals surface area (Å²) in [5.41, 5.74) is 1.00. The standard InChI is InChI=1S/C27H30O5P2/c1-33-26-13-14-27(15-26,34-2)19-18(26)20-22(31-24(28)16-9-5-3-6-10-16)23(21(19)30-20)32-25(29)17-11-7-4-8-12-17/h3-12,18-23,33-34H,13-15H2,1-2H3. The Morgan fingerprint density at radius 1 is 0.765 bits per heavy atom. The zero-order valence-electron chi connectivity index (χ0n) is 19.4. The van der Waals surface area contributed by atoms with Crippen molar-refractivity contribution in [3.63, 3.8) is 0 Å². The molecule has 4 bridgehead atoms. The third-order valence-corrected chi connectivity index (χ3v) is 12.3. The molecule has 2 aromatic carbocycles. The lowest BCUT2D eigenvalue weighted by atomic mass is 9.68. The van der Waals surface area contributed by atoms with Crippen LogP contribution >= 0.6 is 17.2 Å². The minimum absolute atomic E-state index is 0.220. The Morgan fingerprint density at radius 2 is 1.18 bits per heavy atom. The summed E-state index contributed by atoms with van der Waals surface area (Å²) in [6, 6.07) is 18.1. The lowest BCUT2D eigenvalue weighted by molar-refractivity contribution is -0.0606. The molecule has 34 heavy (non-hydrogen) atoms. The van der Waals surface area contributed by atoms with E-state index in [0.29, 0.717) is 23.0 Å². The van der Waals surface area contributed by atoms with Crippen LogP contribution in [0.15, 0.2) is 60.7 Å². The van der Waals surface area contributed by atoms with Crippen LogP contribution < -0.4 is 0 Å². The van der Waals surface area contributed by atoms with E-state index in [2.05, 4.69) is 13.3 Å². The zero-order valence-corrected chi connectivity index (χ0v) is 21.4. The molecular formula is C27H30O5P2. The fraction of sp³-hybridized carbons (Fsp3) is 0.481. The molecular weight excluding hydrogens is 466 g/mol. The number of carbonyl (C=O) groups excluding carboxylic acids is 2. The van der Waals surface area contributed by atoms with Gasteiger partial charge in [-0.05, 0) is 67.2 Å². The highest BCUT2D eigenvalue weighted by Crippen LogP contribution is 2.75. The minimum Gasteiger partial charge on any atom is -0.452 e. The first-order chi connectivity index (χ1) is 16.5. The van der Waals surface area contributed by atoms with Crippen molar-refractivity contribution in [1.82, 2.24) is 0 Å². The van der Waals surface area contributed by atoms with E-state index >= 15 is 0 Å². The summed E-state index contributed by atoms with van der Waals surface area (Å²) in [7, 11) is 1.66. The van der Waals surface area contributed by atoms with E-state index in [9.17, 15) is 9.59 Å². The largest absolute Gasteiger partial charge is 0.452 e. The fourth-order valence-corrected chi connectivity index (χ4v) is 10.6. The summed E-state index contributed by atoms with van der Waals surface area (Å²) in [6.45, 7) is 4.64. The number of esters is 2. The van der Waals surface area contributed by atoms with Crippen LogP contribution in [0.1, 0.15) is 40.0 Å². The van der Waals surface area contributed by atoms with Crippen LogP contribution in [0.25, 0.3) is 0 Å². The molecule has 4 aliphatic rings. The molecule has 0 aromatic heterocycles.